The van der Waals surface area contributed by atoms with Crippen LogP contribution in [-0.2, 0) is 37.5 Å². The topological polar surface area (TPSA) is 232 Å². The van der Waals surface area contributed by atoms with Gasteiger partial charge in [-0.15, -0.1) is 0 Å². The van der Waals surface area contributed by atoms with E-state index in [1.807, 2.05) is 0 Å². The lowest BCUT2D eigenvalue weighted by Crippen LogP contribution is -2.34. The van der Waals surface area contributed by atoms with Crippen LogP contribution in [-0.4, -0.2) is 93.5 Å². The van der Waals surface area contributed by atoms with Crippen LogP contribution in [0.15, 0.2) is 24.3 Å². The highest BCUT2D eigenvalue weighted by Gasteiger charge is 2.28. The lowest BCUT2D eigenvalue weighted by atomic mass is 10.0. The van der Waals surface area contributed by atoms with Crippen molar-refractivity contribution in [3.05, 3.63) is 24.3 Å². The number of carbonyl (C=O) groups excluding carboxylic acids is 2. The van der Waals surface area contributed by atoms with E-state index in [1.54, 1.807) is 0 Å². The molecule has 7 N–H and O–H groups in total. The van der Waals surface area contributed by atoms with Crippen LogP contribution in [0.4, 0.5) is 0 Å². The van der Waals surface area contributed by atoms with E-state index >= 15 is 0 Å². The van der Waals surface area contributed by atoms with E-state index in [-0.39, 0.29) is 12.8 Å². The van der Waals surface area contributed by atoms with Crippen LogP contribution in [0.25, 0.3) is 0 Å². The summed E-state index contributed by atoms with van der Waals surface area (Å²) in [5.41, 5.74) is 5.31. The van der Waals surface area contributed by atoms with Crippen molar-refractivity contribution in [3.63, 3.8) is 0 Å². The number of allylic oxidation sites excluding steroid dienone is 2. The second kappa shape index (κ2) is 36.9. The smallest absolute Gasteiger partial charge is 0.472 e. The number of phosphoric acid groups is 1. The van der Waals surface area contributed by atoms with Gasteiger partial charge in [-0.2, -0.15) is 0 Å². The molecule has 0 aliphatic heterocycles. The van der Waals surface area contributed by atoms with E-state index in [0.717, 1.165) is 77.0 Å². The third-order valence-corrected chi connectivity index (χ3v) is 10.4. The maximum atomic E-state index is 12.6. The van der Waals surface area contributed by atoms with E-state index in [9.17, 15) is 39.2 Å². The molecule has 0 aliphatic rings. The van der Waals surface area contributed by atoms with Crippen molar-refractivity contribution in [3.8, 4) is 0 Å². The summed E-state index contributed by atoms with van der Waals surface area (Å²) in [7, 11) is -4.77. The zero-order valence-corrected chi connectivity index (χ0v) is 35.9. The molecular weight excluding hydrogens is 757 g/mol. The molecule has 0 saturated carbocycles. The number of aliphatic hydroxyl groups excluding tert-OH is 3. The van der Waals surface area contributed by atoms with Gasteiger partial charge in [-0.05, 0) is 51.4 Å². The Labute approximate surface area is 342 Å². The van der Waals surface area contributed by atoms with E-state index in [1.165, 1.54) is 50.7 Å². The van der Waals surface area contributed by atoms with Crippen LogP contribution in [0.3, 0.4) is 0 Å². The van der Waals surface area contributed by atoms with Gasteiger partial charge in [-0.3, -0.25) is 23.4 Å². The molecular formula is C42H78NO13P. The van der Waals surface area contributed by atoms with Gasteiger partial charge in [0.2, 0.25) is 0 Å². The fourth-order valence-electron chi connectivity index (χ4n) is 5.81. The molecule has 0 heterocycles. The number of phosphoric ester groups is 1. The Morgan fingerprint density at radius 3 is 1.72 bits per heavy atom. The summed E-state index contributed by atoms with van der Waals surface area (Å²) in [6.07, 6.45) is 26.0. The fraction of sp³-hybridized carbons (Fsp3) is 0.833. The highest BCUT2D eigenvalue weighted by Crippen LogP contribution is 2.43. The molecule has 0 rings (SSSR count). The number of ether oxygens (including phenoxy) is 2. The number of rotatable bonds is 40. The standard InChI is InChI=1S/C42H78NO13P/c1-3-5-7-8-9-10-11-12-13-14-15-16-17-20-24-28-40(47)53-32-36(33-54-57(51,52)55-34-37(43)42(49)50)56-41(48)29-25-21-18-19-23-26-35(44)30-31-39(46)38(45)27-22-6-4-2/h12-13,30-31,35-39,44-46H,3-11,14-29,32-34,43H2,1-2H3,(H,49,50)(H,51,52)/b13-12-,31-30+. The van der Waals surface area contributed by atoms with Crippen molar-refractivity contribution in [2.45, 2.75) is 205 Å². The Kier molecular flexibility index (Phi) is 35.5. The van der Waals surface area contributed by atoms with Gasteiger partial charge in [0.15, 0.2) is 6.10 Å². The van der Waals surface area contributed by atoms with Gasteiger partial charge in [0.05, 0.1) is 31.5 Å². The molecule has 6 unspecified atom stereocenters. The number of carbonyl (C=O) groups is 3. The molecule has 0 aromatic rings. The number of carboxylic acid groups (broad SMARTS) is 1. The van der Waals surface area contributed by atoms with Crippen LogP contribution in [0.2, 0.25) is 0 Å². The van der Waals surface area contributed by atoms with Gasteiger partial charge >= 0.3 is 25.7 Å². The Hall–Kier alpha value is -2.16. The van der Waals surface area contributed by atoms with Crippen molar-refractivity contribution >= 4 is 25.7 Å². The molecule has 0 fully saturated rings. The number of hydrogen-bond donors (Lipinski definition) is 6. The summed E-state index contributed by atoms with van der Waals surface area (Å²) in [5.74, 6) is -2.55. The molecule has 0 saturated heterocycles. The summed E-state index contributed by atoms with van der Waals surface area (Å²) in [6.45, 7) is 2.45. The number of carboxylic acids is 1. The average Bonchev–Trinajstić information content (AvgIpc) is 3.18. The SMILES string of the molecule is CCCCCCCC/C=C\CCCCCCCC(=O)OCC(COP(=O)(O)OCC(N)C(=O)O)OC(=O)CCCCCCCC(O)/C=C/C(O)C(O)CCCCC. The zero-order chi connectivity index (χ0) is 42.6. The number of esters is 2. The van der Waals surface area contributed by atoms with Crippen molar-refractivity contribution in [1.82, 2.24) is 0 Å². The molecule has 0 spiro atoms. The van der Waals surface area contributed by atoms with E-state index in [2.05, 4.69) is 30.5 Å². The molecule has 6 atom stereocenters. The summed E-state index contributed by atoms with van der Waals surface area (Å²) in [6, 6.07) is -1.55. The molecule has 15 heteroatoms. The number of unbranched alkanes of at least 4 members (excludes halogenated alkanes) is 17. The van der Waals surface area contributed by atoms with E-state index in [4.69, 9.17) is 24.8 Å². The molecule has 0 radical (unpaired) electrons. The molecule has 0 aromatic heterocycles. The summed E-state index contributed by atoms with van der Waals surface area (Å²) >= 11 is 0. The average molecular weight is 836 g/mol. The Balaban J connectivity index is 4.54. The van der Waals surface area contributed by atoms with Crippen LogP contribution in [0.5, 0.6) is 0 Å². The molecule has 14 nitrogen and oxygen atoms in total. The quantitative estimate of drug-likeness (QED) is 0.0149. The Morgan fingerprint density at radius 1 is 0.632 bits per heavy atom. The second-order valence-electron chi connectivity index (χ2n) is 14.9. The molecule has 0 aliphatic carbocycles. The first-order chi connectivity index (χ1) is 27.3. The van der Waals surface area contributed by atoms with Crippen LogP contribution in [0, 0.1) is 0 Å². The largest absolute Gasteiger partial charge is 0.480 e. The van der Waals surface area contributed by atoms with Gasteiger partial charge in [0, 0.05) is 12.8 Å². The fourth-order valence-corrected chi connectivity index (χ4v) is 6.59. The normalized spacial score (nSPS) is 15.6. The minimum Gasteiger partial charge on any atom is -0.480 e. The first-order valence-corrected chi connectivity index (χ1v) is 23.1. The number of aliphatic hydroxyl groups is 3. The van der Waals surface area contributed by atoms with Crippen LogP contribution < -0.4 is 5.73 Å². The summed E-state index contributed by atoms with van der Waals surface area (Å²) in [5, 5.41) is 39.1. The van der Waals surface area contributed by atoms with Gasteiger partial charge in [-0.1, -0.05) is 134 Å². The number of aliphatic carboxylic acids is 1. The maximum Gasteiger partial charge on any atom is 0.472 e. The van der Waals surface area contributed by atoms with Crippen LogP contribution >= 0.6 is 7.82 Å². The van der Waals surface area contributed by atoms with Crippen molar-refractivity contribution in [1.29, 1.82) is 0 Å². The zero-order valence-electron chi connectivity index (χ0n) is 35.0. The van der Waals surface area contributed by atoms with Gasteiger partial charge in [-0.25, -0.2) is 4.57 Å². The first-order valence-electron chi connectivity index (χ1n) is 21.6. The van der Waals surface area contributed by atoms with E-state index < -0.39 is 76.0 Å². The Bertz CT molecular complexity index is 1120. The number of nitrogens with two attached hydrogens (primary N) is 1. The molecule has 57 heavy (non-hydrogen) atoms. The lowest BCUT2D eigenvalue weighted by Gasteiger charge is -2.20. The first kappa shape index (κ1) is 54.8. The van der Waals surface area contributed by atoms with Gasteiger partial charge in [0.1, 0.15) is 12.6 Å². The second-order valence-corrected chi connectivity index (χ2v) is 16.4. The number of hydrogen-bond acceptors (Lipinski definition) is 12. The van der Waals surface area contributed by atoms with E-state index in [0.29, 0.717) is 32.1 Å². The van der Waals surface area contributed by atoms with Gasteiger partial charge in [0.25, 0.3) is 0 Å². The van der Waals surface area contributed by atoms with Crippen LogP contribution in [0.1, 0.15) is 174 Å². The third kappa shape index (κ3) is 35.5. The summed E-state index contributed by atoms with van der Waals surface area (Å²) in [4.78, 5) is 45.9. The summed E-state index contributed by atoms with van der Waals surface area (Å²) < 4.78 is 32.5. The molecule has 0 amide bonds. The molecule has 0 aromatic carbocycles. The molecule has 0 bridgehead atoms. The van der Waals surface area contributed by atoms with Crippen molar-refractivity contribution in [2.75, 3.05) is 19.8 Å². The predicted molar refractivity (Wildman–Crippen MR) is 221 cm³/mol. The van der Waals surface area contributed by atoms with Crippen molar-refractivity contribution < 1.29 is 62.8 Å². The highest BCUT2D eigenvalue weighted by molar-refractivity contribution is 7.47. The highest BCUT2D eigenvalue weighted by atomic mass is 31.2. The predicted octanol–water partition coefficient (Wildman–Crippen LogP) is 7.97. The van der Waals surface area contributed by atoms with Crippen molar-refractivity contribution in [2.24, 2.45) is 5.73 Å². The lowest BCUT2D eigenvalue weighted by molar-refractivity contribution is -0.161. The van der Waals surface area contributed by atoms with Gasteiger partial charge < -0.3 is 40.5 Å². The monoisotopic (exact) mass is 836 g/mol. The minimum absolute atomic E-state index is 0.0456. The Morgan fingerprint density at radius 2 is 1.12 bits per heavy atom. The molecule has 334 valence electrons. The minimum atomic E-state index is -4.77. The third-order valence-electron chi connectivity index (χ3n) is 9.44. The maximum absolute atomic E-state index is 12.6.